The molecule has 6 heteroatoms. The summed E-state index contributed by atoms with van der Waals surface area (Å²) in [5, 5.41) is 2.40. The van der Waals surface area contributed by atoms with Gasteiger partial charge < -0.3 is 14.2 Å². The molecule has 1 unspecified atom stereocenters. The quantitative estimate of drug-likeness (QED) is 0.515. The lowest BCUT2D eigenvalue weighted by molar-refractivity contribution is -0.141. The van der Waals surface area contributed by atoms with Crippen molar-refractivity contribution in [3.8, 4) is 0 Å². The Hall–Kier alpha value is -1.30. The maximum absolute atomic E-state index is 10.8. The second-order valence-electron chi connectivity index (χ2n) is 2.48. The highest BCUT2D eigenvalue weighted by Crippen LogP contribution is 1.99. The molecule has 14 heavy (non-hydrogen) atoms. The zero-order valence-corrected chi connectivity index (χ0v) is 8.53. The number of carbonyl (C=O) groups excluding carboxylic acids is 2. The topological polar surface area (TPSA) is 73.9 Å². The fraction of sp³-hybridized carbons (Fsp3) is 0.750. The number of hydrogen-bond acceptors (Lipinski definition) is 5. The Bertz CT molecular complexity index is 194. The van der Waals surface area contributed by atoms with E-state index in [0.717, 1.165) is 0 Å². The van der Waals surface area contributed by atoms with Crippen LogP contribution in [0.5, 0.6) is 0 Å². The summed E-state index contributed by atoms with van der Waals surface area (Å²) in [6.07, 6.45) is -0.611. The summed E-state index contributed by atoms with van der Waals surface area (Å²) in [6.45, 7) is 0. The highest BCUT2D eigenvalue weighted by atomic mass is 16.6. The monoisotopic (exact) mass is 205 g/mol. The molecule has 0 aromatic carbocycles. The van der Waals surface area contributed by atoms with Gasteiger partial charge in [-0.2, -0.15) is 0 Å². The maximum atomic E-state index is 10.8. The van der Waals surface area contributed by atoms with Crippen LogP contribution >= 0.6 is 0 Å². The lowest BCUT2D eigenvalue weighted by Gasteiger charge is -2.15. The van der Waals surface area contributed by atoms with Gasteiger partial charge in [0.25, 0.3) is 0 Å². The minimum absolute atomic E-state index is 0.180. The van der Waals surface area contributed by atoms with Crippen molar-refractivity contribution in [2.24, 2.45) is 0 Å². The number of amides is 1. The van der Waals surface area contributed by atoms with Crippen molar-refractivity contribution in [3.63, 3.8) is 0 Å². The third-order valence-electron chi connectivity index (χ3n) is 1.59. The lowest BCUT2D eigenvalue weighted by atomic mass is 10.3. The maximum Gasteiger partial charge on any atom is 0.408 e. The molecule has 0 aromatic heterocycles. The van der Waals surface area contributed by atoms with Crippen LogP contribution in [-0.2, 0) is 19.0 Å². The smallest absolute Gasteiger partial charge is 0.408 e. The van der Waals surface area contributed by atoms with Crippen LogP contribution in [0, 0.1) is 0 Å². The van der Waals surface area contributed by atoms with Gasteiger partial charge in [-0.05, 0) is 0 Å². The summed E-state index contributed by atoms with van der Waals surface area (Å²) in [4.78, 5) is 21.5. The van der Waals surface area contributed by atoms with Gasteiger partial charge in [0, 0.05) is 20.0 Å². The minimum atomic E-state index is -0.596. The predicted molar refractivity (Wildman–Crippen MR) is 47.6 cm³/mol. The summed E-state index contributed by atoms with van der Waals surface area (Å²) < 4.78 is 13.7. The Kier molecular flexibility index (Phi) is 6.47. The molecule has 0 radical (unpaired) electrons. The molecule has 0 spiro atoms. The molecular formula is C8H15NO5. The summed E-state index contributed by atoms with van der Waals surface area (Å²) in [6, 6.07) is 0. The van der Waals surface area contributed by atoms with Gasteiger partial charge in [0.15, 0.2) is 0 Å². The number of hydrogen-bond donors (Lipinski definition) is 1. The largest absolute Gasteiger partial charge is 0.469 e. The molecule has 0 aromatic rings. The normalized spacial score (nSPS) is 11.6. The summed E-state index contributed by atoms with van der Waals surface area (Å²) in [5.41, 5.74) is 0. The van der Waals surface area contributed by atoms with Crippen LogP contribution in [0.4, 0.5) is 4.79 Å². The zero-order valence-electron chi connectivity index (χ0n) is 8.53. The number of nitrogens with one attached hydrogen (secondary N) is 1. The van der Waals surface area contributed by atoms with Gasteiger partial charge in [0.2, 0.25) is 0 Å². The van der Waals surface area contributed by atoms with Crippen molar-refractivity contribution >= 4 is 12.1 Å². The molecule has 6 nitrogen and oxygen atoms in total. The first-order valence-corrected chi connectivity index (χ1v) is 4.08. The Morgan fingerprint density at radius 1 is 1.21 bits per heavy atom. The third kappa shape index (κ3) is 5.36. The van der Waals surface area contributed by atoms with Gasteiger partial charge in [0.1, 0.15) is 6.23 Å². The number of rotatable bonds is 5. The predicted octanol–water partition coefficient (Wildman–Crippen LogP) is 0.268. The molecule has 0 aliphatic rings. The Morgan fingerprint density at radius 3 is 2.29 bits per heavy atom. The zero-order chi connectivity index (χ0) is 11.0. The van der Waals surface area contributed by atoms with Gasteiger partial charge in [-0.3, -0.25) is 10.1 Å². The van der Waals surface area contributed by atoms with Crippen LogP contribution in [0.3, 0.4) is 0 Å². The van der Waals surface area contributed by atoms with Crippen LogP contribution < -0.4 is 5.32 Å². The first-order valence-electron chi connectivity index (χ1n) is 4.08. The number of esters is 1. The average molecular weight is 205 g/mol. The summed E-state index contributed by atoms with van der Waals surface area (Å²) in [5.74, 6) is -0.348. The van der Waals surface area contributed by atoms with E-state index < -0.39 is 12.3 Å². The molecule has 0 saturated carbocycles. The molecule has 0 aliphatic heterocycles. The molecule has 1 N–H and O–H groups in total. The van der Waals surface area contributed by atoms with Crippen molar-refractivity contribution in [2.75, 3.05) is 21.3 Å². The Morgan fingerprint density at radius 2 is 1.86 bits per heavy atom. The Labute approximate surface area is 82.5 Å². The van der Waals surface area contributed by atoms with Gasteiger partial charge >= 0.3 is 12.1 Å². The van der Waals surface area contributed by atoms with Crippen molar-refractivity contribution in [3.05, 3.63) is 0 Å². The molecular weight excluding hydrogens is 190 g/mol. The SMILES string of the molecule is COC(=O)CCC(NC(=O)OC)OC. The van der Waals surface area contributed by atoms with Crippen LogP contribution in [0.15, 0.2) is 0 Å². The molecule has 1 amide bonds. The van der Waals surface area contributed by atoms with Crippen molar-refractivity contribution in [1.29, 1.82) is 0 Å². The molecule has 0 saturated heterocycles. The standard InChI is InChI=1S/C8H15NO5/c1-12-6(9-8(11)14-3)4-5-7(10)13-2/h6H,4-5H2,1-3H3,(H,9,11). The van der Waals surface area contributed by atoms with E-state index in [1.807, 2.05) is 0 Å². The second kappa shape index (κ2) is 7.14. The molecule has 0 aliphatic carbocycles. The Balaban J connectivity index is 3.79. The molecule has 82 valence electrons. The van der Waals surface area contributed by atoms with E-state index in [2.05, 4.69) is 14.8 Å². The van der Waals surface area contributed by atoms with E-state index in [-0.39, 0.29) is 12.4 Å². The lowest BCUT2D eigenvalue weighted by Crippen LogP contribution is -2.36. The first-order chi connectivity index (χ1) is 6.63. The summed E-state index contributed by atoms with van der Waals surface area (Å²) >= 11 is 0. The molecule has 0 bridgehead atoms. The fourth-order valence-electron chi connectivity index (χ4n) is 0.790. The molecule has 0 rings (SSSR count). The number of carbonyl (C=O) groups is 2. The van der Waals surface area contributed by atoms with E-state index in [0.29, 0.717) is 6.42 Å². The van der Waals surface area contributed by atoms with Crippen LogP contribution in [0.25, 0.3) is 0 Å². The van der Waals surface area contributed by atoms with E-state index >= 15 is 0 Å². The third-order valence-corrected chi connectivity index (χ3v) is 1.59. The highest BCUT2D eigenvalue weighted by Gasteiger charge is 2.13. The van der Waals surface area contributed by atoms with Crippen LogP contribution in [0.2, 0.25) is 0 Å². The number of alkyl carbamates (subject to hydrolysis) is 1. The van der Waals surface area contributed by atoms with E-state index in [1.54, 1.807) is 0 Å². The molecule has 0 fully saturated rings. The van der Waals surface area contributed by atoms with Crippen molar-refractivity contribution in [1.82, 2.24) is 5.32 Å². The van der Waals surface area contributed by atoms with Gasteiger partial charge in [-0.25, -0.2) is 4.79 Å². The molecule has 0 heterocycles. The number of ether oxygens (including phenoxy) is 3. The summed E-state index contributed by atoms with van der Waals surface area (Å²) in [7, 11) is 3.98. The van der Waals surface area contributed by atoms with Gasteiger partial charge in [-0.1, -0.05) is 0 Å². The second-order valence-corrected chi connectivity index (χ2v) is 2.48. The average Bonchev–Trinajstić information content (AvgIpc) is 2.22. The fourth-order valence-corrected chi connectivity index (χ4v) is 0.790. The minimum Gasteiger partial charge on any atom is -0.469 e. The van der Waals surface area contributed by atoms with Crippen LogP contribution in [-0.4, -0.2) is 39.6 Å². The van der Waals surface area contributed by atoms with E-state index in [4.69, 9.17) is 4.74 Å². The van der Waals surface area contributed by atoms with Crippen molar-refractivity contribution in [2.45, 2.75) is 19.1 Å². The van der Waals surface area contributed by atoms with Crippen LogP contribution in [0.1, 0.15) is 12.8 Å². The first kappa shape index (κ1) is 12.7. The highest BCUT2D eigenvalue weighted by molar-refractivity contribution is 5.69. The van der Waals surface area contributed by atoms with E-state index in [1.165, 1.54) is 21.3 Å². The van der Waals surface area contributed by atoms with Gasteiger partial charge in [0.05, 0.1) is 14.2 Å². The van der Waals surface area contributed by atoms with Crippen molar-refractivity contribution < 1.29 is 23.8 Å². The number of methoxy groups -OCH3 is 3. The van der Waals surface area contributed by atoms with E-state index in [9.17, 15) is 9.59 Å². The van der Waals surface area contributed by atoms with Gasteiger partial charge in [-0.15, -0.1) is 0 Å². The molecule has 1 atom stereocenters.